The topological polar surface area (TPSA) is 73.3 Å². The van der Waals surface area contributed by atoms with Crippen LogP contribution in [0.2, 0.25) is 0 Å². The Morgan fingerprint density at radius 1 is 1.59 bits per heavy atom. The molecular weight excluding hydrogens is 231 g/mol. The lowest BCUT2D eigenvalue weighted by molar-refractivity contribution is -0.150. The smallest absolute Gasteiger partial charge is 0.330 e. The fourth-order valence-electron chi connectivity index (χ4n) is 1.78. The third-order valence-corrected chi connectivity index (χ3v) is 2.70. The molecule has 1 N–H and O–H groups in total. The Morgan fingerprint density at radius 2 is 2.29 bits per heavy atom. The predicted octanol–water partition coefficient (Wildman–Crippen LogP) is 0.0745. The number of halogens is 1. The molecule has 6 nitrogen and oxygen atoms in total. The largest absolute Gasteiger partial charge is 0.353 e. The third-order valence-electron chi connectivity index (χ3n) is 2.70. The maximum absolute atomic E-state index is 13.4. The van der Waals surface area contributed by atoms with Crippen molar-refractivity contribution in [1.82, 2.24) is 9.55 Å². The van der Waals surface area contributed by atoms with Crippen molar-refractivity contribution < 1.29 is 13.9 Å². The van der Waals surface area contributed by atoms with Crippen LogP contribution in [0.15, 0.2) is 15.8 Å². The SMILES string of the molecule is COC1OC(n2cc(C)c(=O)[nH]c2=O)CC1F. The molecule has 17 heavy (non-hydrogen) atoms. The van der Waals surface area contributed by atoms with E-state index in [9.17, 15) is 14.0 Å². The van der Waals surface area contributed by atoms with Crippen molar-refractivity contribution >= 4 is 0 Å². The molecular formula is C10H13FN2O4. The summed E-state index contributed by atoms with van der Waals surface area (Å²) in [5, 5.41) is 0. The molecule has 0 amide bonds. The predicted molar refractivity (Wildman–Crippen MR) is 56.5 cm³/mol. The summed E-state index contributed by atoms with van der Waals surface area (Å²) in [6.07, 6.45) is -1.64. The molecule has 94 valence electrons. The number of alkyl halides is 1. The molecule has 1 aliphatic heterocycles. The first-order valence-electron chi connectivity index (χ1n) is 5.17. The Balaban J connectivity index is 2.34. The van der Waals surface area contributed by atoms with Crippen LogP contribution in [0.25, 0.3) is 0 Å². The van der Waals surface area contributed by atoms with E-state index >= 15 is 0 Å². The highest BCUT2D eigenvalue weighted by Crippen LogP contribution is 2.29. The lowest BCUT2D eigenvalue weighted by Crippen LogP contribution is -2.33. The van der Waals surface area contributed by atoms with Gasteiger partial charge in [0.2, 0.25) is 0 Å². The van der Waals surface area contributed by atoms with E-state index in [0.717, 1.165) is 0 Å². The fraction of sp³-hybridized carbons (Fsp3) is 0.600. The summed E-state index contributed by atoms with van der Waals surface area (Å²) < 4.78 is 24.6. The summed E-state index contributed by atoms with van der Waals surface area (Å²) in [7, 11) is 1.33. The van der Waals surface area contributed by atoms with Crippen LogP contribution in [-0.2, 0) is 9.47 Å². The fourth-order valence-corrected chi connectivity index (χ4v) is 1.78. The number of hydrogen-bond acceptors (Lipinski definition) is 4. The maximum Gasteiger partial charge on any atom is 0.330 e. The maximum atomic E-state index is 13.4. The van der Waals surface area contributed by atoms with Crippen LogP contribution in [0.5, 0.6) is 0 Å². The molecule has 1 aromatic heterocycles. The lowest BCUT2D eigenvalue weighted by atomic mass is 10.3. The Labute approximate surface area is 96.0 Å². The minimum absolute atomic E-state index is 0.0178. The van der Waals surface area contributed by atoms with Crippen molar-refractivity contribution in [2.45, 2.75) is 32.0 Å². The van der Waals surface area contributed by atoms with Gasteiger partial charge in [0.05, 0.1) is 0 Å². The van der Waals surface area contributed by atoms with Gasteiger partial charge in [0.25, 0.3) is 5.56 Å². The summed E-state index contributed by atoms with van der Waals surface area (Å²) in [6.45, 7) is 1.56. The van der Waals surface area contributed by atoms with Gasteiger partial charge in [0.1, 0.15) is 6.23 Å². The Bertz CT molecular complexity index is 524. The zero-order chi connectivity index (χ0) is 12.6. The normalized spacial score (nSPS) is 28.5. The molecule has 0 saturated carbocycles. The second-order valence-electron chi connectivity index (χ2n) is 3.93. The first-order valence-corrected chi connectivity index (χ1v) is 5.17. The molecule has 0 aromatic carbocycles. The molecule has 3 atom stereocenters. The number of hydrogen-bond donors (Lipinski definition) is 1. The second kappa shape index (κ2) is 4.42. The summed E-state index contributed by atoms with van der Waals surface area (Å²) in [4.78, 5) is 24.9. The van der Waals surface area contributed by atoms with Gasteiger partial charge in [-0.2, -0.15) is 0 Å². The number of nitrogens with zero attached hydrogens (tertiary/aromatic N) is 1. The van der Waals surface area contributed by atoms with Crippen LogP contribution < -0.4 is 11.2 Å². The zero-order valence-corrected chi connectivity index (χ0v) is 9.47. The summed E-state index contributed by atoms with van der Waals surface area (Å²) >= 11 is 0. The van der Waals surface area contributed by atoms with Gasteiger partial charge in [-0.05, 0) is 6.92 Å². The van der Waals surface area contributed by atoms with Crippen LogP contribution in [0.4, 0.5) is 4.39 Å². The number of methoxy groups -OCH3 is 1. The average Bonchev–Trinajstić information content (AvgIpc) is 2.65. The third kappa shape index (κ3) is 2.16. The van der Waals surface area contributed by atoms with E-state index in [1.54, 1.807) is 6.92 Å². The molecule has 1 fully saturated rings. The molecule has 7 heteroatoms. The van der Waals surface area contributed by atoms with Gasteiger partial charge >= 0.3 is 5.69 Å². The number of aromatic nitrogens is 2. The number of nitrogens with one attached hydrogen (secondary N) is 1. The molecule has 2 rings (SSSR count). The average molecular weight is 244 g/mol. The minimum atomic E-state index is -1.29. The number of ether oxygens (including phenoxy) is 2. The van der Waals surface area contributed by atoms with E-state index in [2.05, 4.69) is 4.98 Å². The number of aryl methyl sites for hydroxylation is 1. The molecule has 0 spiro atoms. The van der Waals surface area contributed by atoms with Crippen LogP contribution >= 0.6 is 0 Å². The number of H-pyrrole nitrogens is 1. The first kappa shape index (κ1) is 12.0. The van der Waals surface area contributed by atoms with Crippen molar-refractivity contribution in [2.24, 2.45) is 0 Å². The van der Waals surface area contributed by atoms with Crippen LogP contribution in [-0.4, -0.2) is 29.1 Å². The Kier molecular flexibility index (Phi) is 3.12. The van der Waals surface area contributed by atoms with Crippen molar-refractivity contribution in [3.05, 3.63) is 32.6 Å². The summed E-state index contributed by atoms with van der Waals surface area (Å²) in [6, 6.07) is 0. The molecule has 0 bridgehead atoms. The van der Waals surface area contributed by atoms with E-state index < -0.39 is 29.9 Å². The van der Waals surface area contributed by atoms with Crippen molar-refractivity contribution in [1.29, 1.82) is 0 Å². The molecule has 2 heterocycles. The first-order chi connectivity index (χ1) is 8.02. The zero-order valence-electron chi connectivity index (χ0n) is 9.47. The quantitative estimate of drug-likeness (QED) is 0.799. The molecule has 1 aromatic rings. The Morgan fingerprint density at radius 3 is 2.88 bits per heavy atom. The van der Waals surface area contributed by atoms with Crippen LogP contribution in [0, 0.1) is 6.92 Å². The van der Waals surface area contributed by atoms with Gasteiger partial charge in [-0.15, -0.1) is 0 Å². The Hall–Kier alpha value is -1.47. The summed E-state index contributed by atoms with van der Waals surface area (Å²) in [5.41, 5.74) is -0.705. The van der Waals surface area contributed by atoms with E-state index in [-0.39, 0.29) is 6.42 Å². The highest BCUT2D eigenvalue weighted by Gasteiger charge is 2.37. The van der Waals surface area contributed by atoms with Gasteiger partial charge in [-0.3, -0.25) is 14.3 Å². The molecule has 3 unspecified atom stereocenters. The highest BCUT2D eigenvalue weighted by atomic mass is 19.1. The van der Waals surface area contributed by atoms with Crippen LogP contribution in [0.1, 0.15) is 18.2 Å². The van der Waals surface area contributed by atoms with Gasteiger partial charge in [0.15, 0.2) is 12.5 Å². The van der Waals surface area contributed by atoms with Gasteiger partial charge in [0, 0.05) is 25.3 Å². The highest BCUT2D eigenvalue weighted by molar-refractivity contribution is 5.01. The van der Waals surface area contributed by atoms with Gasteiger partial charge in [-0.1, -0.05) is 0 Å². The van der Waals surface area contributed by atoms with E-state index in [1.807, 2.05) is 0 Å². The second-order valence-corrected chi connectivity index (χ2v) is 3.93. The molecule has 1 aliphatic rings. The van der Waals surface area contributed by atoms with Crippen molar-refractivity contribution in [2.75, 3.05) is 7.11 Å². The van der Waals surface area contributed by atoms with Gasteiger partial charge < -0.3 is 9.47 Å². The number of aromatic amines is 1. The van der Waals surface area contributed by atoms with E-state index in [4.69, 9.17) is 9.47 Å². The van der Waals surface area contributed by atoms with Crippen LogP contribution in [0.3, 0.4) is 0 Å². The monoisotopic (exact) mass is 244 g/mol. The van der Waals surface area contributed by atoms with E-state index in [0.29, 0.717) is 5.56 Å². The van der Waals surface area contributed by atoms with E-state index in [1.165, 1.54) is 17.9 Å². The molecule has 0 radical (unpaired) electrons. The van der Waals surface area contributed by atoms with Crippen molar-refractivity contribution in [3.63, 3.8) is 0 Å². The molecule has 1 saturated heterocycles. The lowest BCUT2D eigenvalue weighted by Gasteiger charge is -2.14. The summed E-state index contributed by atoms with van der Waals surface area (Å²) in [5.74, 6) is 0. The minimum Gasteiger partial charge on any atom is -0.353 e. The van der Waals surface area contributed by atoms with Gasteiger partial charge in [-0.25, -0.2) is 9.18 Å². The standard InChI is InChI=1S/C10H13FN2O4/c1-5-4-13(10(15)12-8(5)14)7-3-6(11)9(16-2)17-7/h4,6-7,9H,3H2,1-2H3,(H,12,14,15). The molecule has 0 aliphatic carbocycles. The van der Waals surface area contributed by atoms with Crippen molar-refractivity contribution in [3.8, 4) is 0 Å². The number of rotatable bonds is 2.